The highest BCUT2D eigenvalue weighted by molar-refractivity contribution is 5.11. The quantitative estimate of drug-likeness (QED) is 0.780. The van der Waals surface area contributed by atoms with E-state index in [1.54, 1.807) is 0 Å². The maximum atomic E-state index is 4.24. The van der Waals surface area contributed by atoms with Crippen molar-refractivity contribution in [1.82, 2.24) is 15.1 Å². The molecule has 0 fully saturated rings. The molecule has 0 aliphatic carbocycles. The average molecular weight is 209 g/mol. The molecule has 1 aromatic rings. The Bertz CT molecular complexity index is 280. The molecule has 0 saturated heterocycles. The molecule has 3 nitrogen and oxygen atoms in total. The molecule has 86 valence electrons. The lowest BCUT2D eigenvalue weighted by molar-refractivity contribution is 0.369. The van der Waals surface area contributed by atoms with Crippen molar-refractivity contribution in [2.45, 2.75) is 39.7 Å². The van der Waals surface area contributed by atoms with E-state index in [0.717, 1.165) is 6.54 Å². The zero-order chi connectivity index (χ0) is 11.3. The van der Waals surface area contributed by atoms with Gasteiger partial charge in [-0.25, -0.2) is 0 Å². The van der Waals surface area contributed by atoms with Gasteiger partial charge in [0.2, 0.25) is 0 Å². The number of aromatic nitrogens is 2. The van der Waals surface area contributed by atoms with Gasteiger partial charge in [0.05, 0.1) is 6.20 Å². The first kappa shape index (κ1) is 12.2. The van der Waals surface area contributed by atoms with Crippen LogP contribution in [0.2, 0.25) is 0 Å². The molecule has 0 radical (unpaired) electrons. The third-order valence-electron chi connectivity index (χ3n) is 2.82. The van der Waals surface area contributed by atoms with Gasteiger partial charge >= 0.3 is 0 Å². The van der Waals surface area contributed by atoms with Crippen LogP contribution in [0.15, 0.2) is 12.4 Å². The first-order chi connectivity index (χ1) is 7.19. The van der Waals surface area contributed by atoms with E-state index < -0.39 is 0 Å². The second-order valence-corrected chi connectivity index (χ2v) is 4.25. The Morgan fingerprint density at radius 3 is 2.67 bits per heavy atom. The van der Waals surface area contributed by atoms with Crippen molar-refractivity contribution in [3.8, 4) is 0 Å². The number of rotatable bonds is 6. The predicted molar refractivity (Wildman–Crippen MR) is 63.7 cm³/mol. The van der Waals surface area contributed by atoms with Crippen LogP contribution in [0.4, 0.5) is 0 Å². The number of hydrogen-bond donors (Lipinski definition) is 1. The van der Waals surface area contributed by atoms with Crippen molar-refractivity contribution in [3.05, 3.63) is 18.0 Å². The molecule has 0 aliphatic rings. The van der Waals surface area contributed by atoms with Crippen LogP contribution in [-0.2, 0) is 7.05 Å². The van der Waals surface area contributed by atoms with Crippen molar-refractivity contribution < 1.29 is 0 Å². The monoisotopic (exact) mass is 209 g/mol. The SMILES string of the molecule is CCCC(C)C(NCC)c1cnn(C)c1. The third kappa shape index (κ3) is 3.34. The van der Waals surface area contributed by atoms with Crippen LogP contribution in [-0.4, -0.2) is 16.3 Å². The summed E-state index contributed by atoms with van der Waals surface area (Å²) >= 11 is 0. The summed E-state index contributed by atoms with van der Waals surface area (Å²) in [7, 11) is 1.97. The standard InChI is InChI=1S/C12H23N3/c1-5-7-10(3)12(13-6-2)11-8-14-15(4)9-11/h8-10,12-13H,5-7H2,1-4H3. The van der Waals surface area contributed by atoms with Gasteiger partial charge in [-0.05, 0) is 18.9 Å². The fourth-order valence-electron chi connectivity index (χ4n) is 2.09. The summed E-state index contributed by atoms with van der Waals surface area (Å²) in [6.07, 6.45) is 6.58. The summed E-state index contributed by atoms with van der Waals surface area (Å²) in [6.45, 7) is 7.71. The van der Waals surface area contributed by atoms with E-state index in [1.807, 2.05) is 17.9 Å². The van der Waals surface area contributed by atoms with E-state index in [0.29, 0.717) is 12.0 Å². The highest BCUT2D eigenvalue weighted by atomic mass is 15.2. The molecule has 1 heterocycles. The first-order valence-electron chi connectivity index (χ1n) is 5.91. The predicted octanol–water partition coefficient (Wildman–Crippen LogP) is 2.51. The van der Waals surface area contributed by atoms with Gasteiger partial charge in [0, 0.05) is 24.8 Å². The molecular formula is C12H23N3. The van der Waals surface area contributed by atoms with E-state index in [2.05, 4.69) is 37.4 Å². The summed E-state index contributed by atoms with van der Waals surface area (Å²) in [5.74, 6) is 0.666. The van der Waals surface area contributed by atoms with Gasteiger partial charge in [0.25, 0.3) is 0 Å². The highest BCUT2D eigenvalue weighted by Gasteiger charge is 2.18. The van der Waals surface area contributed by atoms with Crippen LogP contribution in [0.1, 0.15) is 45.2 Å². The Kier molecular flexibility index (Phi) is 4.82. The van der Waals surface area contributed by atoms with Crippen LogP contribution >= 0.6 is 0 Å². The molecule has 0 aliphatic heterocycles. The molecule has 1 N–H and O–H groups in total. The molecule has 0 aromatic carbocycles. The molecule has 0 spiro atoms. The summed E-state index contributed by atoms with van der Waals surface area (Å²) in [5, 5.41) is 7.78. The molecule has 1 rings (SSSR count). The van der Waals surface area contributed by atoms with Crippen molar-refractivity contribution in [1.29, 1.82) is 0 Å². The number of nitrogens with zero attached hydrogens (tertiary/aromatic N) is 2. The zero-order valence-corrected chi connectivity index (χ0v) is 10.3. The smallest absolute Gasteiger partial charge is 0.0537 e. The fraction of sp³-hybridized carbons (Fsp3) is 0.750. The largest absolute Gasteiger partial charge is 0.310 e. The minimum atomic E-state index is 0.448. The van der Waals surface area contributed by atoms with Crippen LogP contribution in [0.5, 0.6) is 0 Å². The average Bonchev–Trinajstić information content (AvgIpc) is 2.61. The Morgan fingerprint density at radius 2 is 2.20 bits per heavy atom. The van der Waals surface area contributed by atoms with Gasteiger partial charge in [-0.1, -0.05) is 27.2 Å². The minimum Gasteiger partial charge on any atom is -0.310 e. The van der Waals surface area contributed by atoms with E-state index in [1.165, 1.54) is 18.4 Å². The second-order valence-electron chi connectivity index (χ2n) is 4.25. The number of hydrogen-bond acceptors (Lipinski definition) is 2. The van der Waals surface area contributed by atoms with Crippen molar-refractivity contribution >= 4 is 0 Å². The van der Waals surface area contributed by atoms with Gasteiger partial charge in [-0.3, -0.25) is 4.68 Å². The number of aryl methyl sites for hydroxylation is 1. The van der Waals surface area contributed by atoms with Crippen LogP contribution in [0, 0.1) is 5.92 Å². The summed E-state index contributed by atoms with van der Waals surface area (Å²) in [4.78, 5) is 0. The molecule has 3 heteroatoms. The van der Waals surface area contributed by atoms with Crippen LogP contribution in [0.3, 0.4) is 0 Å². The molecule has 15 heavy (non-hydrogen) atoms. The van der Waals surface area contributed by atoms with E-state index in [4.69, 9.17) is 0 Å². The highest BCUT2D eigenvalue weighted by Crippen LogP contribution is 2.24. The van der Waals surface area contributed by atoms with Crippen LogP contribution in [0.25, 0.3) is 0 Å². The maximum absolute atomic E-state index is 4.24. The van der Waals surface area contributed by atoms with Crippen LogP contribution < -0.4 is 5.32 Å². The zero-order valence-electron chi connectivity index (χ0n) is 10.3. The molecule has 2 unspecified atom stereocenters. The molecule has 0 amide bonds. The van der Waals surface area contributed by atoms with E-state index in [9.17, 15) is 0 Å². The topological polar surface area (TPSA) is 29.9 Å². The molecular weight excluding hydrogens is 186 g/mol. The Hall–Kier alpha value is -0.830. The number of nitrogens with one attached hydrogen (secondary N) is 1. The first-order valence-corrected chi connectivity index (χ1v) is 5.91. The lowest BCUT2D eigenvalue weighted by Crippen LogP contribution is -2.26. The van der Waals surface area contributed by atoms with Gasteiger partial charge in [-0.15, -0.1) is 0 Å². The lowest BCUT2D eigenvalue weighted by Gasteiger charge is -2.23. The van der Waals surface area contributed by atoms with Gasteiger partial charge in [-0.2, -0.15) is 5.10 Å². The van der Waals surface area contributed by atoms with Gasteiger partial charge in [0.15, 0.2) is 0 Å². The molecule has 0 saturated carbocycles. The second kappa shape index (κ2) is 5.91. The van der Waals surface area contributed by atoms with E-state index >= 15 is 0 Å². The Morgan fingerprint density at radius 1 is 1.47 bits per heavy atom. The Labute approximate surface area is 92.9 Å². The third-order valence-corrected chi connectivity index (χ3v) is 2.82. The minimum absolute atomic E-state index is 0.448. The van der Waals surface area contributed by atoms with Crippen molar-refractivity contribution in [2.75, 3.05) is 6.54 Å². The summed E-state index contributed by atoms with van der Waals surface area (Å²) in [6, 6.07) is 0.448. The van der Waals surface area contributed by atoms with E-state index in [-0.39, 0.29) is 0 Å². The van der Waals surface area contributed by atoms with Gasteiger partial charge < -0.3 is 5.32 Å². The van der Waals surface area contributed by atoms with Crippen molar-refractivity contribution in [2.24, 2.45) is 13.0 Å². The lowest BCUT2D eigenvalue weighted by atomic mass is 9.93. The fourth-order valence-corrected chi connectivity index (χ4v) is 2.09. The molecule has 1 aromatic heterocycles. The normalized spacial score (nSPS) is 15.2. The summed E-state index contributed by atoms with van der Waals surface area (Å²) in [5.41, 5.74) is 1.31. The van der Waals surface area contributed by atoms with Gasteiger partial charge in [0.1, 0.15) is 0 Å². The van der Waals surface area contributed by atoms with Crippen molar-refractivity contribution in [3.63, 3.8) is 0 Å². The maximum Gasteiger partial charge on any atom is 0.0537 e. The Balaban J connectivity index is 2.72. The molecule has 0 bridgehead atoms. The summed E-state index contributed by atoms with van der Waals surface area (Å²) < 4.78 is 1.87. The molecule has 2 atom stereocenters.